The smallest absolute Gasteiger partial charge is 0.326 e. The molecule has 6 heteroatoms. The summed E-state index contributed by atoms with van der Waals surface area (Å²) < 4.78 is 5.41. The maximum Gasteiger partial charge on any atom is 0.326 e. The van der Waals surface area contributed by atoms with Crippen LogP contribution in [0.5, 0.6) is 0 Å². The number of furan rings is 1. The van der Waals surface area contributed by atoms with E-state index in [0.717, 1.165) is 17.1 Å². The van der Waals surface area contributed by atoms with Crippen molar-refractivity contribution < 1.29 is 19.1 Å². The number of nitrogens with one attached hydrogen (secondary N) is 2. The zero-order chi connectivity index (χ0) is 15.4. The van der Waals surface area contributed by atoms with Gasteiger partial charge < -0.3 is 20.2 Å². The van der Waals surface area contributed by atoms with Crippen LogP contribution in [0.4, 0.5) is 4.79 Å². The lowest BCUT2D eigenvalue weighted by molar-refractivity contribution is -0.140. The van der Waals surface area contributed by atoms with Crippen molar-refractivity contribution in [2.45, 2.75) is 46.7 Å². The minimum Gasteiger partial charge on any atom is -0.480 e. The summed E-state index contributed by atoms with van der Waals surface area (Å²) in [6.45, 7) is 8.97. The van der Waals surface area contributed by atoms with Crippen LogP contribution in [0.2, 0.25) is 0 Å². The monoisotopic (exact) mass is 282 g/mol. The number of carbonyl (C=O) groups excluding carboxylic acids is 1. The van der Waals surface area contributed by atoms with Gasteiger partial charge in [0.05, 0.1) is 6.04 Å². The van der Waals surface area contributed by atoms with Crippen LogP contribution in [0.25, 0.3) is 0 Å². The fraction of sp³-hybridized carbons (Fsp3) is 0.571. The van der Waals surface area contributed by atoms with Gasteiger partial charge in [0, 0.05) is 5.56 Å². The Morgan fingerprint density at radius 1 is 1.20 bits per heavy atom. The Morgan fingerprint density at radius 3 is 2.20 bits per heavy atom. The van der Waals surface area contributed by atoms with Crippen LogP contribution in [0, 0.1) is 19.8 Å². The van der Waals surface area contributed by atoms with Gasteiger partial charge in [0.2, 0.25) is 0 Å². The highest BCUT2D eigenvalue weighted by atomic mass is 16.4. The molecule has 6 nitrogen and oxygen atoms in total. The van der Waals surface area contributed by atoms with Gasteiger partial charge in [-0.2, -0.15) is 0 Å². The van der Waals surface area contributed by atoms with Crippen LogP contribution in [0.15, 0.2) is 10.5 Å². The van der Waals surface area contributed by atoms with Crippen molar-refractivity contribution in [3.05, 3.63) is 23.2 Å². The average Bonchev–Trinajstić information content (AvgIpc) is 2.64. The molecule has 0 aliphatic heterocycles. The predicted octanol–water partition coefficient (Wildman–Crippen LogP) is 2.37. The molecular formula is C14H22N2O4. The number of carbonyl (C=O) groups is 2. The normalized spacial score (nSPS) is 13.9. The summed E-state index contributed by atoms with van der Waals surface area (Å²) in [4.78, 5) is 22.9. The molecule has 0 saturated heterocycles. The van der Waals surface area contributed by atoms with E-state index in [2.05, 4.69) is 10.6 Å². The Labute approximate surface area is 118 Å². The summed E-state index contributed by atoms with van der Waals surface area (Å²) in [7, 11) is 0. The van der Waals surface area contributed by atoms with Gasteiger partial charge in [0.15, 0.2) is 0 Å². The second-order valence-electron chi connectivity index (χ2n) is 5.27. The zero-order valence-corrected chi connectivity index (χ0v) is 12.5. The number of rotatable bonds is 5. The van der Waals surface area contributed by atoms with E-state index in [0.29, 0.717) is 0 Å². The number of carboxylic acid groups (broad SMARTS) is 1. The minimum absolute atomic E-state index is 0.188. The van der Waals surface area contributed by atoms with Gasteiger partial charge in [0.25, 0.3) is 0 Å². The fourth-order valence-corrected chi connectivity index (χ4v) is 2.05. The summed E-state index contributed by atoms with van der Waals surface area (Å²) in [5.41, 5.74) is 0.883. The first-order valence-corrected chi connectivity index (χ1v) is 6.59. The van der Waals surface area contributed by atoms with Crippen molar-refractivity contribution in [3.63, 3.8) is 0 Å². The second kappa shape index (κ2) is 6.45. The summed E-state index contributed by atoms with van der Waals surface area (Å²) in [5.74, 6) is 0.288. The third kappa shape index (κ3) is 4.01. The Bertz CT molecular complexity index is 493. The van der Waals surface area contributed by atoms with Gasteiger partial charge in [-0.1, -0.05) is 13.8 Å². The fourth-order valence-electron chi connectivity index (χ4n) is 2.05. The molecule has 1 rings (SSSR count). The van der Waals surface area contributed by atoms with Crippen LogP contribution in [0.3, 0.4) is 0 Å². The summed E-state index contributed by atoms with van der Waals surface area (Å²) in [6, 6.07) is 0.192. The number of aryl methyl sites for hydroxylation is 2. The lowest BCUT2D eigenvalue weighted by Crippen LogP contribution is -2.49. The maximum atomic E-state index is 11.8. The van der Waals surface area contributed by atoms with Crippen LogP contribution in [-0.2, 0) is 4.79 Å². The molecule has 0 saturated carbocycles. The Balaban J connectivity index is 2.66. The average molecular weight is 282 g/mol. The Morgan fingerprint density at radius 2 is 1.80 bits per heavy atom. The molecular weight excluding hydrogens is 260 g/mol. The molecule has 0 aliphatic carbocycles. The first kappa shape index (κ1) is 16.1. The molecule has 2 amide bonds. The molecule has 1 unspecified atom stereocenters. The molecule has 0 bridgehead atoms. The van der Waals surface area contributed by atoms with E-state index >= 15 is 0 Å². The first-order valence-electron chi connectivity index (χ1n) is 6.59. The van der Waals surface area contributed by atoms with E-state index in [9.17, 15) is 9.59 Å². The Hall–Kier alpha value is -1.98. The van der Waals surface area contributed by atoms with E-state index in [4.69, 9.17) is 9.52 Å². The third-order valence-electron chi connectivity index (χ3n) is 3.11. The quantitative estimate of drug-likeness (QED) is 0.773. The van der Waals surface area contributed by atoms with Gasteiger partial charge in [-0.25, -0.2) is 9.59 Å². The molecule has 3 N–H and O–H groups in total. The topological polar surface area (TPSA) is 91.6 Å². The molecule has 20 heavy (non-hydrogen) atoms. The van der Waals surface area contributed by atoms with E-state index < -0.39 is 18.0 Å². The number of hydrogen-bond acceptors (Lipinski definition) is 3. The van der Waals surface area contributed by atoms with E-state index in [1.807, 2.05) is 26.8 Å². The van der Waals surface area contributed by atoms with Crippen molar-refractivity contribution in [3.8, 4) is 0 Å². The van der Waals surface area contributed by atoms with Gasteiger partial charge in [0.1, 0.15) is 17.6 Å². The van der Waals surface area contributed by atoms with Crippen molar-refractivity contribution in [2.75, 3.05) is 0 Å². The van der Waals surface area contributed by atoms with Crippen molar-refractivity contribution >= 4 is 12.0 Å². The molecule has 1 heterocycles. The Kier molecular flexibility index (Phi) is 5.19. The zero-order valence-electron chi connectivity index (χ0n) is 12.5. The van der Waals surface area contributed by atoms with Crippen molar-refractivity contribution in [2.24, 2.45) is 5.92 Å². The molecule has 0 spiro atoms. The molecule has 0 radical (unpaired) electrons. The molecule has 0 fully saturated rings. The molecule has 112 valence electrons. The van der Waals surface area contributed by atoms with Crippen molar-refractivity contribution in [1.29, 1.82) is 0 Å². The molecule has 1 aromatic heterocycles. The van der Waals surface area contributed by atoms with E-state index in [1.165, 1.54) is 0 Å². The molecule has 1 aromatic rings. The third-order valence-corrected chi connectivity index (χ3v) is 3.11. The summed E-state index contributed by atoms with van der Waals surface area (Å²) >= 11 is 0. The maximum absolute atomic E-state index is 11.8. The van der Waals surface area contributed by atoms with Gasteiger partial charge >= 0.3 is 12.0 Å². The van der Waals surface area contributed by atoms with Crippen LogP contribution in [0.1, 0.15) is 43.9 Å². The van der Waals surface area contributed by atoms with Gasteiger partial charge in [-0.15, -0.1) is 0 Å². The lowest BCUT2D eigenvalue weighted by Gasteiger charge is -2.20. The highest BCUT2D eigenvalue weighted by Crippen LogP contribution is 2.21. The molecule has 0 aromatic carbocycles. The summed E-state index contributed by atoms with van der Waals surface area (Å²) in [6.07, 6.45) is 0. The second-order valence-corrected chi connectivity index (χ2v) is 5.27. The number of amides is 2. The molecule has 0 aliphatic rings. The van der Waals surface area contributed by atoms with Crippen LogP contribution in [-0.4, -0.2) is 23.1 Å². The predicted molar refractivity (Wildman–Crippen MR) is 74.5 cm³/mol. The van der Waals surface area contributed by atoms with Crippen LogP contribution >= 0.6 is 0 Å². The van der Waals surface area contributed by atoms with Gasteiger partial charge in [-0.05, 0) is 32.8 Å². The first-order chi connectivity index (χ1) is 9.22. The van der Waals surface area contributed by atoms with Crippen LogP contribution < -0.4 is 10.6 Å². The highest BCUT2D eigenvalue weighted by Gasteiger charge is 2.24. The summed E-state index contributed by atoms with van der Waals surface area (Å²) in [5, 5.41) is 14.2. The minimum atomic E-state index is -1.04. The van der Waals surface area contributed by atoms with E-state index in [-0.39, 0.29) is 12.0 Å². The van der Waals surface area contributed by atoms with E-state index in [1.54, 1.807) is 13.8 Å². The SMILES string of the molecule is Cc1cc(C(C)NC(=O)N[C@H](C(=O)O)C(C)C)c(C)o1. The molecule has 2 atom stereocenters. The lowest BCUT2D eigenvalue weighted by atomic mass is 10.1. The number of carboxylic acids is 1. The van der Waals surface area contributed by atoms with Crippen molar-refractivity contribution in [1.82, 2.24) is 10.6 Å². The number of urea groups is 1. The largest absolute Gasteiger partial charge is 0.480 e. The highest BCUT2D eigenvalue weighted by molar-refractivity contribution is 5.82. The number of hydrogen-bond donors (Lipinski definition) is 3. The standard InChI is InChI=1S/C14H22N2O4/c1-7(2)12(13(17)18)16-14(19)15-9(4)11-6-8(3)20-10(11)5/h6-7,9,12H,1-5H3,(H,17,18)(H2,15,16,19)/t9?,12-/m0/s1. The number of aliphatic carboxylic acids is 1. The van der Waals surface area contributed by atoms with Gasteiger partial charge in [-0.3, -0.25) is 0 Å².